The summed E-state index contributed by atoms with van der Waals surface area (Å²) in [5, 5.41) is 0. The number of aryl methyl sites for hydroxylation is 1. The van der Waals surface area contributed by atoms with E-state index in [9.17, 15) is 4.79 Å². The van der Waals surface area contributed by atoms with Gasteiger partial charge in [-0.1, -0.05) is 23.7 Å². The van der Waals surface area contributed by atoms with E-state index in [4.69, 9.17) is 16.3 Å². The summed E-state index contributed by atoms with van der Waals surface area (Å²) in [4.78, 5) is 10.5. The van der Waals surface area contributed by atoms with Crippen molar-refractivity contribution >= 4 is 17.9 Å². The third-order valence-corrected chi connectivity index (χ3v) is 3.04. The molecule has 0 amide bonds. The van der Waals surface area contributed by atoms with Crippen molar-refractivity contribution in [3.8, 4) is 5.75 Å². The molecule has 1 aliphatic rings. The second-order valence-corrected chi connectivity index (χ2v) is 4.09. The molecule has 2 rings (SSSR count). The van der Waals surface area contributed by atoms with Gasteiger partial charge in [0.05, 0.1) is 0 Å². The average Bonchev–Trinajstić information content (AvgIpc) is 2.51. The van der Waals surface area contributed by atoms with Crippen LogP contribution < -0.4 is 4.74 Å². The van der Waals surface area contributed by atoms with Gasteiger partial charge in [-0.2, -0.15) is 0 Å². The summed E-state index contributed by atoms with van der Waals surface area (Å²) in [6, 6.07) is 5.91. The molecule has 0 spiro atoms. The Morgan fingerprint density at radius 2 is 2.25 bits per heavy atom. The minimum Gasteiger partial charge on any atom is -0.489 e. The predicted molar refractivity (Wildman–Crippen MR) is 64.0 cm³/mol. The van der Waals surface area contributed by atoms with Crippen LogP contribution in [0.5, 0.6) is 5.75 Å². The molecule has 0 saturated carbocycles. The highest BCUT2D eigenvalue weighted by molar-refractivity contribution is 6.25. The molecular formula is C13H13ClO2. The van der Waals surface area contributed by atoms with Gasteiger partial charge in [-0.05, 0) is 35.6 Å². The molecule has 0 fully saturated rings. The first-order chi connectivity index (χ1) is 7.83. The molecule has 0 unspecified atom stereocenters. The fraction of sp³-hybridized carbons (Fsp3) is 0.308. The average molecular weight is 237 g/mol. The molecule has 0 radical (unpaired) electrons. The van der Waals surface area contributed by atoms with Crippen molar-refractivity contribution in [1.82, 2.24) is 0 Å². The van der Waals surface area contributed by atoms with Gasteiger partial charge in [-0.15, -0.1) is 0 Å². The highest BCUT2D eigenvalue weighted by Crippen LogP contribution is 2.27. The largest absolute Gasteiger partial charge is 0.489 e. The minimum absolute atomic E-state index is 0.464. The van der Waals surface area contributed by atoms with Crippen LogP contribution in [0.1, 0.15) is 17.5 Å². The monoisotopic (exact) mass is 236 g/mol. The normalized spacial score (nSPS) is 17.4. The third-order valence-electron chi connectivity index (χ3n) is 2.73. The van der Waals surface area contributed by atoms with Gasteiger partial charge in [-0.25, -0.2) is 0 Å². The van der Waals surface area contributed by atoms with E-state index in [2.05, 4.69) is 0 Å². The summed E-state index contributed by atoms with van der Waals surface area (Å²) >= 11 is 5.69. The van der Waals surface area contributed by atoms with E-state index in [0.29, 0.717) is 13.0 Å². The summed E-state index contributed by atoms with van der Waals surface area (Å²) in [6.45, 7) is 0.559. The molecule has 0 bridgehead atoms. The first-order valence-corrected chi connectivity index (χ1v) is 5.73. The maximum absolute atomic E-state index is 10.5. The second kappa shape index (κ2) is 5.17. The molecule has 1 heterocycles. The van der Waals surface area contributed by atoms with Crippen molar-refractivity contribution in [3.63, 3.8) is 0 Å². The van der Waals surface area contributed by atoms with E-state index >= 15 is 0 Å². The fourth-order valence-corrected chi connectivity index (χ4v) is 1.99. The van der Waals surface area contributed by atoms with Gasteiger partial charge >= 0.3 is 0 Å². The number of aldehydes is 1. The molecule has 3 heteroatoms. The molecule has 0 atom stereocenters. The van der Waals surface area contributed by atoms with Gasteiger partial charge < -0.3 is 9.53 Å². The number of hydrogen-bond donors (Lipinski definition) is 0. The SMILES string of the molecule is O=CCc1ccc2c(c1)CCC(=CCl)CO2. The summed E-state index contributed by atoms with van der Waals surface area (Å²) in [7, 11) is 0. The smallest absolute Gasteiger partial charge is 0.124 e. The zero-order chi connectivity index (χ0) is 11.4. The second-order valence-electron chi connectivity index (χ2n) is 3.87. The number of carbonyl (C=O) groups excluding carboxylic acids is 1. The predicted octanol–water partition coefficient (Wildman–Crippen LogP) is 2.88. The Bertz CT molecular complexity index is 424. The molecule has 2 nitrogen and oxygen atoms in total. The van der Waals surface area contributed by atoms with Crippen LogP contribution in [0.25, 0.3) is 0 Å². The van der Waals surface area contributed by atoms with E-state index in [-0.39, 0.29) is 0 Å². The number of halogens is 1. The highest BCUT2D eigenvalue weighted by Gasteiger charge is 2.12. The first-order valence-electron chi connectivity index (χ1n) is 5.30. The molecule has 1 aromatic carbocycles. The number of benzene rings is 1. The number of rotatable bonds is 2. The van der Waals surface area contributed by atoms with Crippen molar-refractivity contribution in [2.24, 2.45) is 0 Å². The van der Waals surface area contributed by atoms with Crippen molar-refractivity contribution in [3.05, 3.63) is 40.4 Å². The van der Waals surface area contributed by atoms with Crippen LogP contribution >= 0.6 is 11.6 Å². The molecule has 1 aromatic rings. The maximum Gasteiger partial charge on any atom is 0.124 e. The topological polar surface area (TPSA) is 26.3 Å². The van der Waals surface area contributed by atoms with Crippen molar-refractivity contribution in [1.29, 1.82) is 0 Å². The molecule has 84 valence electrons. The van der Waals surface area contributed by atoms with Crippen LogP contribution in [-0.4, -0.2) is 12.9 Å². The van der Waals surface area contributed by atoms with Crippen LogP contribution in [0.15, 0.2) is 29.3 Å². The fourth-order valence-electron chi connectivity index (χ4n) is 1.82. The maximum atomic E-state index is 10.5. The van der Waals surface area contributed by atoms with E-state index in [1.54, 1.807) is 5.54 Å². The lowest BCUT2D eigenvalue weighted by molar-refractivity contribution is -0.107. The summed E-state index contributed by atoms with van der Waals surface area (Å²) in [6.07, 6.45) is 3.22. The minimum atomic E-state index is 0.464. The van der Waals surface area contributed by atoms with Crippen LogP contribution in [-0.2, 0) is 17.6 Å². The summed E-state index contributed by atoms with van der Waals surface area (Å²) in [5.74, 6) is 0.906. The highest BCUT2D eigenvalue weighted by atomic mass is 35.5. The van der Waals surface area contributed by atoms with Gasteiger partial charge in [-0.3, -0.25) is 0 Å². The van der Waals surface area contributed by atoms with Crippen molar-refractivity contribution in [2.75, 3.05) is 6.61 Å². The third kappa shape index (κ3) is 2.45. The Morgan fingerprint density at radius 1 is 1.38 bits per heavy atom. The van der Waals surface area contributed by atoms with Gasteiger partial charge in [0, 0.05) is 12.0 Å². The Hall–Kier alpha value is -1.28. The lowest BCUT2D eigenvalue weighted by atomic mass is 10.0. The van der Waals surface area contributed by atoms with Crippen LogP contribution in [0.2, 0.25) is 0 Å². The van der Waals surface area contributed by atoms with Crippen LogP contribution in [0.3, 0.4) is 0 Å². The lowest BCUT2D eigenvalue weighted by Crippen LogP contribution is -1.98. The molecule has 0 saturated heterocycles. The van der Waals surface area contributed by atoms with Crippen LogP contribution in [0, 0.1) is 0 Å². The van der Waals surface area contributed by atoms with E-state index in [1.807, 2.05) is 18.2 Å². The Morgan fingerprint density at radius 3 is 3.00 bits per heavy atom. The van der Waals surface area contributed by atoms with Gasteiger partial charge in [0.1, 0.15) is 18.6 Å². The first kappa shape index (κ1) is 11.2. The molecule has 16 heavy (non-hydrogen) atoms. The van der Waals surface area contributed by atoms with Gasteiger partial charge in [0.25, 0.3) is 0 Å². The standard InChI is InChI=1S/C13H13ClO2/c14-8-11-1-3-12-7-10(5-6-15)2-4-13(12)16-9-11/h2,4,6-8H,1,3,5,9H2. The quantitative estimate of drug-likeness (QED) is 0.738. The molecule has 1 aliphatic heterocycles. The Kier molecular flexibility index (Phi) is 3.62. The lowest BCUT2D eigenvalue weighted by Gasteiger charge is -2.07. The molecule has 0 aromatic heterocycles. The molecular weight excluding hydrogens is 224 g/mol. The summed E-state index contributed by atoms with van der Waals surface area (Å²) in [5.41, 5.74) is 4.90. The van der Waals surface area contributed by atoms with E-state index in [1.165, 1.54) is 0 Å². The summed E-state index contributed by atoms with van der Waals surface area (Å²) < 4.78 is 5.64. The van der Waals surface area contributed by atoms with Crippen molar-refractivity contribution in [2.45, 2.75) is 19.3 Å². The number of fused-ring (bicyclic) bond motifs is 1. The van der Waals surface area contributed by atoms with Gasteiger partial charge in [0.15, 0.2) is 0 Å². The Labute approximate surface area is 99.9 Å². The van der Waals surface area contributed by atoms with E-state index in [0.717, 1.165) is 41.6 Å². The zero-order valence-electron chi connectivity index (χ0n) is 8.91. The number of hydrogen-bond acceptors (Lipinski definition) is 2. The number of ether oxygens (including phenoxy) is 1. The van der Waals surface area contributed by atoms with Crippen LogP contribution in [0.4, 0.5) is 0 Å². The van der Waals surface area contributed by atoms with Crippen molar-refractivity contribution < 1.29 is 9.53 Å². The van der Waals surface area contributed by atoms with Gasteiger partial charge in [0.2, 0.25) is 0 Å². The zero-order valence-corrected chi connectivity index (χ0v) is 9.67. The number of carbonyl (C=O) groups is 1. The van der Waals surface area contributed by atoms with E-state index < -0.39 is 0 Å². The molecule has 0 aliphatic carbocycles. The Balaban J connectivity index is 2.24. The molecule has 0 N–H and O–H groups in total.